The lowest BCUT2D eigenvalue weighted by Crippen LogP contribution is -2.10. The minimum Gasteiger partial charge on any atom is -0.464 e. The molecule has 0 spiro atoms. The molecule has 1 aromatic heterocycles. The van der Waals surface area contributed by atoms with Crippen LogP contribution in [0.3, 0.4) is 0 Å². The predicted molar refractivity (Wildman–Crippen MR) is 61.9 cm³/mol. The van der Waals surface area contributed by atoms with Crippen LogP contribution in [0, 0.1) is 11.8 Å². The van der Waals surface area contributed by atoms with E-state index >= 15 is 0 Å². The molecule has 84 valence electrons. The Morgan fingerprint density at radius 2 is 2.38 bits per heavy atom. The number of hydrogen-bond donors (Lipinski definition) is 2. The van der Waals surface area contributed by atoms with Crippen molar-refractivity contribution in [3.8, 4) is 11.8 Å². The van der Waals surface area contributed by atoms with Crippen molar-refractivity contribution in [3.63, 3.8) is 0 Å². The molecule has 0 saturated carbocycles. The summed E-state index contributed by atoms with van der Waals surface area (Å²) in [6.07, 6.45) is 0. The number of aromatic nitrogens is 1. The van der Waals surface area contributed by atoms with E-state index in [1.807, 2.05) is 0 Å². The maximum absolute atomic E-state index is 11.2. The SMILES string of the molecule is CC#CCNc1nc(C(=O)OC)ccc1N. The summed E-state index contributed by atoms with van der Waals surface area (Å²) in [7, 11) is 1.30. The van der Waals surface area contributed by atoms with Crippen molar-refractivity contribution in [2.24, 2.45) is 0 Å². The van der Waals surface area contributed by atoms with Crippen LogP contribution in [0.15, 0.2) is 12.1 Å². The van der Waals surface area contributed by atoms with Crippen molar-refractivity contribution < 1.29 is 9.53 Å². The minimum absolute atomic E-state index is 0.212. The number of esters is 1. The van der Waals surface area contributed by atoms with Gasteiger partial charge in [-0.3, -0.25) is 0 Å². The molecule has 0 atom stereocenters. The second-order valence-corrected chi connectivity index (χ2v) is 2.91. The molecule has 5 heteroatoms. The number of nitrogen functional groups attached to an aromatic ring is 1. The molecule has 1 heterocycles. The van der Waals surface area contributed by atoms with E-state index in [1.165, 1.54) is 13.2 Å². The van der Waals surface area contributed by atoms with Crippen molar-refractivity contribution >= 4 is 17.5 Å². The number of nitrogens with two attached hydrogens (primary N) is 1. The van der Waals surface area contributed by atoms with Crippen molar-refractivity contribution in [3.05, 3.63) is 17.8 Å². The van der Waals surface area contributed by atoms with Gasteiger partial charge in [-0.2, -0.15) is 0 Å². The summed E-state index contributed by atoms with van der Waals surface area (Å²) < 4.78 is 4.56. The van der Waals surface area contributed by atoms with Gasteiger partial charge in [-0.05, 0) is 19.1 Å². The molecule has 0 aliphatic carbocycles. The highest BCUT2D eigenvalue weighted by molar-refractivity contribution is 5.88. The van der Waals surface area contributed by atoms with Gasteiger partial charge in [0.25, 0.3) is 0 Å². The summed E-state index contributed by atoms with van der Waals surface area (Å²) in [5.41, 5.74) is 6.36. The van der Waals surface area contributed by atoms with E-state index in [2.05, 4.69) is 26.9 Å². The van der Waals surface area contributed by atoms with Crippen LogP contribution in [0.5, 0.6) is 0 Å². The Balaban J connectivity index is 2.88. The summed E-state index contributed by atoms with van der Waals surface area (Å²) in [6.45, 7) is 2.17. The lowest BCUT2D eigenvalue weighted by molar-refractivity contribution is 0.0594. The van der Waals surface area contributed by atoms with E-state index in [4.69, 9.17) is 5.73 Å². The Kier molecular flexibility index (Phi) is 4.16. The summed E-state index contributed by atoms with van der Waals surface area (Å²) in [6, 6.07) is 3.11. The Morgan fingerprint density at radius 3 is 3.00 bits per heavy atom. The number of nitrogens with zero attached hydrogens (tertiary/aromatic N) is 1. The van der Waals surface area contributed by atoms with Crippen molar-refractivity contribution in [1.29, 1.82) is 0 Å². The number of nitrogens with one attached hydrogen (secondary N) is 1. The van der Waals surface area contributed by atoms with Gasteiger partial charge >= 0.3 is 5.97 Å². The van der Waals surface area contributed by atoms with E-state index in [-0.39, 0.29) is 5.69 Å². The first-order valence-electron chi connectivity index (χ1n) is 4.67. The van der Waals surface area contributed by atoms with Gasteiger partial charge in [0.2, 0.25) is 0 Å². The zero-order valence-corrected chi connectivity index (χ0v) is 9.20. The molecule has 0 bridgehead atoms. The minimum atomic E-state index is -0.496. The number of pyridine rings is 1. The van der Waals surface area contributed by atoms with E-state index in [0.717, 1.165) is 0 Å². The van der Waals surface area contributed by atoms with Gasteiger partial charge in [0.15, 0.2) is 11.5 Å². The summed E-state index contributed by atoms with van der Waals surface area (Å²) in [4.78, 5) is 15.3. The summed E-state index contributed by atoms with van der Waals surface area (Å²) >= 11 is 0. The van der Waals surface area contributed by atoms with Gasteiger partial charge in [0, 0.05) is 0 Å². The third kappa shape index (κ3) is 2.89. The second kappa shape index (κ2) is 5.61. The molecule has 0 amide bonds. The fourth-order valence-electron chi connectivity index (χ4n) is 1.05. The Morgan fingerprint density at radius 1 is 1.62 bits per heavy atom. The van der Waals surface area contributed by atoms with Crippen molar-refractivity contribution in [2.75, 3.05) is 24.7 Å². The van der Waals surface area contributed by atoms with Gasteiger partial charge in [-0.25, -0.2) is 9.78 Å². The molecule has 0 unspecified atom stereocenters. The predicted octanol–water partition coefficient (Wildman–Crippen LogP) is 0.886. The summed E-state index contributed by atoms with van der Waals surface area (Å²) in [5.74, 6) is 5.49. The average molecular weight is 219 g/mol. The third-order valence-corrected chi connectivity index (χ3v) is 1.84. The molecule has 0 aliphatic rings. The molecule has 1 aromatic rings. The molecule has 16 heavy (non-hydrogen) atoms. The number of hydrogen-bond acceptors (Lipinski definition) is 5. The first kappa shape index (κ1) is 11.9. The fraction of sp³-hybridized carbons (Fsp3) is 0.273. The largest absolute Gasteiger partial charge is 0.464 e. The number of ether oxygens (including phenoxy) is 1. The fourth-order valence-corrected chi connectivity index (χ4v) is 1.05. The molecule has 5 nitrogen and oxygen atoms in total. The second-order valence-electron chi connectivity index (χ2n) is 2.91. The number of methoxy groups -OCH3 is 1. The summed E-state index contributed by atoms with van der Waals surface area (Å²) in [5, 5.41) is 2.92. The van der Waals surface area contributed by atoms with Crippen molar-refractivity contribution in [2.45, 2.75) is 6.92 Å². The molecular formula is C11H13N3O2. The van der Waals surface area contributed by atoms with E-state index < -0.39 is 5.97 Å². The molecule has 1 rings (SSSR count). The number of rotatable bonds is 3. The van der Waals surface area contributed by atoms with E-state index in [1.54, 1.807) is 13.0 Å². The molecule has 0 radical (unpaired) electrons. The first-order chi connectivity index (χ1) is 7.69. The van der Waals surface area contributed by atoms with Gasteiger partial charge in [-0.1, -0.05) is 5.92 Å². The van der Waals surface area contributed by atoms with Gasteiger partial charge in [-0.15, -0.1) is 5.92 Å². The Bertz CT molecular complexity index is 446. The van der Waals surface area contributed by atoms with Crippen LogP contribution in [0.25, 0.3) is 0 Å². The van der Waals surface area contributed by atoms with Gasteiger partial charge < -0.3 is 15.8 Å². The highest BCUT2D eigenvalue weighted by Gasteiger charge is 2.09. The molecule has 3 N–H and O–H groups in total. The molecule has 0 aliphatic heterocycles. The highest BCUT2D eigenvalue weighted by atomic mass is 16.5. The Labute approximate surface area is 94.0 Å². The average Bonchev–Trinajstić information content (AvgIpc) is 2.31. The van der Waals surface area contributed by atoms with Crippen LogP contribution in [0.2, 0.25) is 0 Å². The third-order valence-electron chi connectivity index (χ3n) is 1.84. The molecule has 0 aromatic carbocycles. The van der Waals surface area contributed by atoms with Crippen LogP contribution >= 0.6 is 0 Å². The van der Waals surface area contributed by atoms with Gasteiger partial charge in [0.05, 0.1) is 19.3 Å². The zero-order valence-electron chi connectivity index (χ0n) is 9.20. The van der Waals surface area contributed by atoms with E-state index in [9.17, 15) is 4.79 Å². The Hall–Kier alpha value is -2.22. The van der Waals surface area contributed by atoms with Crippen LogP contribution in [-0.2, 0) is 4.74 Å². The quantitative estimate of drug-likeness (QED) is 0.583. The van der Waals surface area contributed by atoms with Crippen molar-refractivity contribution in [1.82, 2.24) is 4.98 Å². The molecular weight excluding hydrogens is 206 g/mol. The number of carbonyl (C=O) groups is 1. The monoisotopic (exact) mass is 219 g/mol. The normalized spacial score (nSPS) is 8.88. The topological polar surface area (TPSA) is 77.2 Å². The lowest BCUT2D eigenvalue weighted by Gasteiger charge is -2.06. The van der Waals surface area contributed by atoms with Crippen LogP contribution in [0.4, 0.5) is 11.5 Å². The first-order valence-corrected chi connectivity index (χ1v) is 4.67. The zero-order chi connectivity index (χ0) is 12.0. The lowest BCUT2D eigenvalue weighted by atomic mass is 10.3. The number of carbonyl (C=O) groups excluding carboxylic acids is 1. The van der Waals surface area contributed by atoms with Gasteiger partial charge in [0.1, 0.15) is 0 Å². The van der Waals surface area contributed by atoms with E-state index in [0.29, 0.717) is 18.1 Å². The maximum atomic E-state index is 11.2. The highest BCUT2D eigenvalue weighted by Crippen LogP contribution is 2.15. The smallest absolute Gasteiger partial charge is 0.356 e. The molecule has 0 saturated heterocycles. The maximum Gasteiger partial charge on any atom is 0.356 e. The van der Waals surface area contributed by atoms with Crippen LogP contribution in [-0.4, -0.2) is 24.6 Å². The molecule has 0 fully saturated rings. The number of anilines is 2. The standard InChI is InChI=1S/C11H13N3O2/c1-3-4-7-13-10-8(12)5-6-9(14-10)11(15)16-2/h5-6H,7,12H2,1-2H3,(H,13,14). The van der Waals surface area contributed by atoms with Crippen LogP contribution < -0.4 is 11.1 Å². The van der Waals surface area contributed by atoms with Crippen LogP contribution in [0.1, 0.15) is 17.4 Å².